The molecule has 0 aliphatic rings. The van der Waals surface area contributed by atoms with Gasteiger partial charge in [-0.05, 0) is 30.7 Å². The van der Waals surface area contributed by atoms with Crippen molar-refractivity contribution in [1.29, 1.82) is 0 Å². The Morgan fingerprint density at radius 2 is 2.29 bits per heavy atom. The number of H-pyrrole nitrogens is 1. The molecule has 0 bridgehead atoms. The second-order valence-electron chi connectivity index (χ2n) is 3.02. The third-order valence-electron chi connectivity index (χ3n) is 1.95. The maximum Gasteiger partial charge on any atom is 0.439 e. The third-order valence-corrected chi connectivity index (χ3v) is 1.95. The van der Waals surface area contributed by atoms with Crippen LogP contribution in [0.2, 0.25) is 0 Å². The van der Waals surface area contributed by atoms with Crippen LogP contribution in [0.3, 0.4) is 0 Å². The number of nitrogen functional groups attached to an aromatic ring is 1. The highest BCUT2D eigenvalue weighted by molar-refractivity contribution is 5.62. The lowest BCUT2D eigenvalue weighted by molar-refractivity contribution is 0.388. The summed E-state index contributed by atoms with van der Waals surface area (Å²) in [4.78, 5) is 13.2. The molecule has 0 saturated carbocycles. The quantitative estimate of drug-likeness (QED) is 0.656. The number of rotatable bonds is 1. The summed E-state index contributed by atoms with van der Waals surface area (Å²) in [6.45, 7) is 1.89. The fraction of sp³-hybridized carbons (Fsp3) is 0.111. The zero-order valence-electron chi connectivity index (χ0n) is 7.57. The molecule has 0 amide bonds. The number of nitrogens with zero attached hydrogens (tertiary/aromatic N) is 1. The van der Waals surface area contributed by atoms with Crippen LogP contribution in [0.15, 0.2) is 27.5 Å². The molecule has 1 aromatic carbocycles. The van der Waals surface area contributed by atoms with Crippen LogP contribution in [0, 0.1) is 6.92 Å². The number of nitrogens with two attached hydrogens (primary N) is 1. The van der Waals surface area contributed by atoms with Gasteiger partial charge >= 0.3 is 5.76 Å². The van der Waals surface area contributed by atoms with E-state index in [1.54, 1.807) is 12.1 Å². The van der Waals surface area contributed by atoms with Gasteiger partial charge in [0.1, 0.15) is 0 Å². The van der Waals surface area contributed by atoms with Gasteiger partial charge in [0.05, 0.1) is 0 Å². The molecule has 3 N–H and O–H groups in total. The Balaban J connectivity index is 2.57. The topological polar surface area (TPSA) is 84.9 Å². The molecule has 72 valence electrons. The van der Waals surface area contributed by atoms with E-state index in [4.69, 9.17) is 5.73 Å². The molecule has 1 heterocycles. The van der Waals surface area contributed by atoms with Gasteiger partial charge in [-0.1, -0.05) is 5.16 Å². The highest BCUT2D eigenvalue weighted by Gasteiger charge is 2.06. The second-order valence-corrected chi connectivity index (χ2v) is 3.02. The first-order chi connectivity index (χ1) is 6.66. The average molecular weight is 191 g/mol. The van der Waals surface area contributed by atoms with E-state index in [2.05, 4.69) is 14.7 Å². The molecule has 2 aromatic rings. The molecule has 0 radical (unpaired) electrons. The van der Waals surface area contributed by atoms with Crippen LogP contribution in [0.5, 0.6) is 0 Å². The molecular weight excluding hydrogens is 182 g/mol. The lowest BCUT2D eigenvalue weighted by atomic mass is 10.1. The van der Waals surface area contributed by atoms with E-state index in [1.807, 2.05) is 13.0 Å². The normalized spacial score (nSPS) is 10.4. The van der Waals surface area contributed by atoms with E-state index in [1.165, 1.54) is 0 Å². The van der Waals surface area contributed by atoms with E-state index < -0.39 is 5.76 Å². The summed E-state index contributed by atoms with van der Waals surface area (Å²) in [7, 11) is 0. The van der Waals surface area contributed by atoms with E-state index >= 15 is 0 Å². The van der Waals surface area contributed by atoms with Gasteiger partial charge in [0.15, 0.2) is 5.82 Å². The monoisotopic (exact) mass is 191 g/mol. The van der Waals surface area contributed by atoms with Crippen molar-refractivity contribution in [2.24, 2.45) is 0 Å². The maximum absolute atomic E-state index is 10.7. The summed E-state index contributed by atoms with van der Waals surface area (Å²) < 4.78 is 4.41. The smallest absolute Gasteiger partial charge is 0.399 e. The van der Waals surface area contributed by atoms with Gasteiger partial charge in [0, 0.05) is 11.3 Å². The van der Waals surface area contributed by atoms with Crippen LogP contribution >= 0.6 is 0 Å². The van der Waals surface area contributed by atoms with E-state index in [0.717, 1.165) is 11.1 Å². The summed E-state index contributed by atoms with van der Waals surface area (Å²) in [6.07, 6.45) is 0. The zero-order valence-corrected chi connectivity index (χ0v) is 7.57. The van der Waals surface area contributed by atoms with Crippen LogP contribution in [0.25, 0.3) is 11.4 Å². The Morgan fingerprint density at radius 3 is 2.86 bits per heavy atom. The van der Waals surface area contributed by atoms with Crippen molar-refractivity contribution in [1.82, 2.24) is 10.1 Å². The Labute approximate surface area is 79.5 Å². The van der Waals surface area contributed by atoms with Crippen LogP contribution < -0.4 is 11.5 Å². The fourth-order valence-corrected chi connectivity index (χ4v) is 1.30. The summed E-state index contributed by atoms with van der Waals surface area (Å²) in [5.74, 6) is -0.135. The first-order valence-electron chi connectivity index (χ1n) is 4.09. The van der Waals surface area contributed by atoms with Crippen molar-refractivity contribution >= 4 is 5.69 Å². The number of nitrogens with one attached hydrogen (secondary N) is 1. The van der Waals surface area contributed by atoms with Crippen molar-refractivity contribution in [2.75, 3.05) is 5.73 Å². The molecule has 14 heavy (non-hydrogen) atoms. The molecule has 0 saturated heterocycles. The molecular formula is C9H9N3O2. The van der Waals surface area contributed by atoms with Crippen molar-refractivity contribution in [3.63, 3.8) is 0 Å². The third kappa shape index (κ3) is 1.39. The second kappa shape index (κ2) is 3.02. The summed E-state index contributed by atoms with van der Waals surface area (Å²) in [6, 6.07) is 5.34. The van der Waals surface area contributed by atoms with Crippen molar-refractivity contribution in [3.05, 3.63) is 34.3 Å². The Kier molecular flexibility index (Phi) is 1.85. The summed E-state index contributed by atoms with van der Waals surface area (Å²) in [5, 5.41) is 3.59. The molecule has 0 aliphatic carbocycles. The van der Waals surface area contributed by atoms with E-state index in [-0.39, 0.29) is 0 Å². The van der Waals surface area contributed by atoms with Crippen LogP contribution in [0.4, 0.5) is 5.69 Å². The van der Waals surface area contributed by atoms with Crippen LogP contribution in [-0.2, 0) is 0 Å². The predicted octanol–water partition coefficient (Wildman–Crippen LogP) is 0.921. The molecule has 0 atom stereocenters. The largest absolute Gasteiger partial charge is 0.439 e. The van der Waals surface area contributed by atoms with Gasteiger partial charge in [0.2, 0.25) is 0 Å². The first kappa shape index (κ1) is 8.55. The van der Waals surface area contributed by atoms with Crippen molar-refractivity contribution in [3.8, 4) is 11.4 Å². The first-order valence-corrected chi connectivity index (χ1v) is 4.09. The van der Waals surface area contributed by atoms with Gasteiger partial charge in [0.25, 0.3) is 0 Å². The highest BCUT2D eigenvalue weighted by atomic mass is 16.5. The molecule has 0 unspecified atom stereocenters. The van der Waals surface area contributed by atoms with Gasteiger partial charge in [-0.25, -0.2) is 4.79 Å². The number of anilines is 1. The molecule has 0 fully saturated rings. The lowest BCUT2D eigenvalue weighted by Crippen LogP contribution is -1.96. The van der Waals surface area contributed by atoms with Gasteiger partial charge < -0.3 is 5.73 Å². The van der Waals surface area contributed by atoms with Crippen molar-refractivity contribution in [2.45, 2.75) is 6.92 Å². The minimum Gasteiger partial charge on any atom is -0.399 e. The molecule has 0 spiro atoms. The Morgan fingerprint density at radius 1 is 1.50 bits per heavy atom. The van der Waals surface area contributed by atoms with Gasteiger partial charge in [-0.15, -0.1) is 0 Å². The number of aromatic nitrogens is 2. The number of aromatic amines is 1. The number of hydrogen-bond donors (Lipinski definition) is 2. The molecule has 5 heteroatoms. The lowest BCUT2D eigenvalue weighted by Gasteiger charge is -2.01. The van der Waals surface area contributed by atoms with E-state index in [0.29, 0.717) is 11.5 Å². The fourth-order valence-electron chi connectivity index (χ4n) is 1.30. The van der Waals surface area contributed by atoms with Gasteiger partial charge in [-0.2, -0.15) is 0 Å². The SMILES string of the molecule is Cc1cc(N)ccc1-c1noc(=O)[nH]1. The summed E-state index contributed by atoms with van der Waals surface area (Å²) in [5.41, 5.74) is 8.02. The minimum atomic E-state index is -0.559. The minimum absolute atomic E-state index is 0.424. The van der Waals surface area contributed by atoms with E-state index in [9.17, 15) is 4.79 Å². The standard InChI is InChI=1S/C9H9N3O2/c1-5-4-6(10)2-3-7(5)8-11-9(13)14-12-8/h2-4H,10H2,1H3,(H,11,12,13). The van der Waals surface area contributed by atoms with Crippen LogP contribution in [0.1, 0.15) is 5.56 Å². The highest BCUT2D eigenvalue weighted by Crippen LogP contribution is 2.20. The summed E-state index contributed by atoms with van der Waals surface area (Å²) >= 11 is 0. The predicted molar refractivity (Wildman–Crippen MR) is 51.7 cm³/mol. The number of aryl methyl sites for hydroxylation is 1. The van der Waals surface area contributed by atoms with Crippen molar-refractivity contribution < 1.29 is 4.52 Å². The zero-order chi connectivity index (χ0) is 10.1. The Bertz CT molecular complexity index is 513. The molecule has 1 aromatic heterocycles. The number of benzene rings is 1. The number of hydrogen-bond acceptors (Lipinski definition) is 4. The maximum atomic E-state index is 10.7. The Hall–Kier alpha value is -2.04. The molecule has 2 rings (SSSR count). The van der Waals surface area contributed by atoms with Crippen LogP contribution in [-0.4, -0.2) is 10.1 Å². The van der Waals surface area contributed by atoms with Gasteiger partial charge in [-0.3, -0.25) is 9.51 Å². The molecule has 5 nitrogen and oxygen atoms in total. The average Bonchev–Trinajstić information content (AvgIpc) is 2.51. The molecule has 0 aliphatic heterocycles.